The molecule has 0 bridgehead atoms. The number of hydrogen-bond acceptors (Lipinski definition) is 1. The van der Waals surface area contributed by atoms with Gasteiger partial charge in [0.2, 0.25) is 0 Å². The smallest absolute Gasteiger partial charge is 0.255 e. The van der Waals surface area contributed by atoms with E-state index < -0.39 is 11.7 Å². The van der Waals surface area contributed by atoms with Crippen molar-refractivity contribution in [2.45, 2.75) is 19.4 Å². The highest BCUT2D eigenvalue weighted by molar-refractivity contribution is 9.10. The minimum atomic E-state index is -0.535. The molecule has 1 unspecified atom stereocenters. The Bertz CT molecular complexity index is 623. The molecule has 0 saturated heterocycles. The number of carbonyl (C=O) groups is 1. The molecule has 0 fully saturated rings. The van der Waals surface area contributed by atoms with Crippen molar-refractivity contribution in [1.29, 1.82) is 0 Å². The Morgan fingerprint density at radius 2 is 1.86 bits per heavy atom. The molecule has 0 heterocycles. The van der Waals surface area contributed by atoms with Gasteiger partial charge in [-0.15, -0.1) is 0 Å². The van der Waals surface area contributed by atoms with E-state index in [9.17, 15) is 9.18 Å². The van der Waals surface area contributed by atoms with Gasteiger partial charge >= 0.3 is 0 Å². The third kappa shape index (κ3) is 3.92. The molecule has 0 radical (unpaired) electrons. The van der Waals surface area contributed by atoms with Gasteiger partial charge in [-0.05, 0) is 52.2 Å². The maximum Gasteiger partial charge on any atom is 0.255 e. The van der Waals surface area contributed by atoms with Crippen LogP contribution in [0, 0.1) is 5.82 Å². The zero-order valence-corrected chi connectivity index (χ0v) is 14.5. The molecule has 0 saturated carbocycles. The fraction of sp³-hybridized carbons (Fsp3) is 0.188. The van der Waals surface area contributed by atoms with Crippen molar-refractivity contribution in [1.82, 2.24) is 5.32 Å². The first-order valence-corrected chi connectivity index (χ1v) is 8.12. The Kier molecular flexibility index (Phi) is 5.53. The lowest BCUT2D eigenvalue weighted by atomic mass is 10.0. The number of nitrogens with one attached hydrogen (secondary N) is 1. The van der Waals surface area contributed by atoms with Crippen molar-refractivity contribution in [3.8, 4) is 0 Å². The molecule has 110 valence electrons. The molecular formula is C16H14Br2FNO. The van der Waals surface area contributed by atoms with Crippen molar-refractivity contribution in [3.63, 3.8) is 0 Å². The van der Waals surface area contributed by atoms with Crippen molar-refractivity contribution in [2.24, 2.45) is 0 Å². The van der Waals surface area contributed by atoms with Crippen molar-refractivity contribution in [3.05, 3.63) is 68.4 Å². The highest BCUT2D eigenvalue weighted by Crippen LogP contribution is 2.23. The number of rotatable bonds is 4. The predicted molar refractivity (Wildman–Crippen MR) is 88.7 cm³/mol. The van der Waals surface area contributed by atoms with Gasteiger partial charge in [-0.25, -0.2) is 4.39 Å². The van der Waals surface area contributed by atoms with E-state index in [2.05, 4.69) is 37.2 Å². The van der Waals surface area contributed by atoms with E-state index in [1.165, 1.54) is 6.07 Å². The fourth-order valence-electron chi connectivity index (χ4n) is 2.06. The second kappa shape index (κ2) is 7.18. The van der Waals surface area contributed by atoms with Crippen LogP contribution in [-0.2, 0) is 0 Å². The molecule has 0 aromatic heterocycles. The minimum Gasteiger partial charge on any atom is -0.345 e. The van der Waals surface area contributed by atoms with E-state index in [4.69, 9.17) is 0 Å². The van der Waals surface area contributed by atoms with Crippen LogP contribution >= 0.6 is 31.9 Å². The summed E-state index contributed by atoms with van der Waals surface area (Å²) >= 11 is 6.60. The second-order valence-corrected chi connectivity index (χ2v) is 6.35. The molecule has 2 rings (SSSR count). The van der Waals surface area contributed by atoms with Crippen LogP contribution in [0.2, 0.25) is 0 Å². The molecule has 0 aliphatic rings. The summed E-state index contributed by atoms with van der Waals surface area (Å²) in [6.07, 6.45) is 0.722. The minimum absolute atomic E-state index is 0.0352. The van der Waals surface area contributed by atoms with Gasteiger partial charge in [0, 0.05) is 8.95 Å². The molecule has 0 spiro atoms. The van der Waals surface area contributed by atoms with E-state index in [1.807, 2.05) is 31.2 Å². The summed E-state index contributed by atoms with van der Waals surface area (Å²) in [6.45, 7) is 1.98. The topological polar surface area (TPSA) is 29.1 Å². The first-order valence-electron chi connectivity index (χ1n) is 6.53. The molecule has 0 aliphatic heterocycles. The van der Waals surface area contributed by atoms with Crippen molar-refractivity contribution >= 4 is 37.8 Å². The standard InChI is InChI=1S/C16H14Br2FNO/c1-2-14(10-6-8-11(17)9-7-10)20-16(21)15-12(18)4-3-5-13(15)19/h3-9,14H,2H2,1H3,(H,20,21). The molecule has 2 aromatic rings. The third-order valence-corrected chi connectivity index (χ3v) is 4.37. The lowest BCUT2D eigenvalue weighted by Crippen LogP contribution is -2.29. The monoisotopic (exact) mass is 413 g/mol. The van der Waals surface area contributed by atoms with Crippen LogP contribution in [0.25, 0.3) is 0 Å². The summed E-state index contributed by atoms with van der Waals surface area (Å²) in [7, 11) is 0. The SMILES string of the molecule is CCC(NC(=O)c1c(F)cccc1Br)c1ccc(Br)cc1. The molecule has 1 atom stereocenters. The zero-order chi connectivity index (χ0) is 15.4. The average molecular weight is 415 g/mol. The third-order valence-electron chi connectivity index (χ3n) is 3.18. The lowest BCUT2D eigenvalue weighted by molar-refractivity contribution is 0.0930. The van der Waals surface area contributed by atoms with Gasteiger partial charge < -0.3 is 5.32 Å². The van der Waals surface area contributed by atoms with Gasteiger partial charge in [0.05, 0.1) is 11.6 Å². The number of amides is 1. The summed E-state index contributed by atoms with van der Waals surface area (Å²) in [5.74, 6) is -0.956. The Balaban J connectivity index is 2.22. The Morgan fingerprint density at radius 1 is 1.19 bits per heavy atom. The number of benzene rings is 2. The van der Waals surface area contributed by atoms with E-state index in [0.717, 1.165) is 16.5 Å². The van der Waals surface area contributed by atoms with Crippen LogP contribution in [0.15, 0.2) is 51.4 Å². The normalized spacial score (nSPS) is 12.0. The zero-order valence-electron chi connectivity index (χ0n) is 11.4. The van der Waals surface area contributed by atoms with Crippen LogP contribution < -0.4 is 5.32 Å². The number of halogens is 3. The van der Waals surface area contributed by atoms with Crippen LogP contribution in [0.1, 0.15) is 35.3 Å². The van der Waals surface area contributed by atoms with Gasteiger partial charge in [-0.1, -0.05) is 41.1 Å². The average Bonchev–Trinajstić information content (AvgIpc) is 2.45. The summed E-state index contributed by atoms with van der Waals surface area (Å²) in [4.78, 5) is 12.3. The maximum atomic E-state index is 13.8. The van der Waals surface area contributed by atoms with E-state index in [-0.39, 0.29) is 11.6 Å². The molecule has 2 aromatic carbocycles. The molecule has 1 N–H and O–H groups in total. The highest BCUT2D eigenvalue weighted by atomic mass is 79.9. The van der Waals surface area contributed by atoms with Crippen molar-refractivity contribution < 1.29 is 9.18 Å². The van der Waals surface area contributed by atoms with Gasteiger partial charge in [0.15, 0.2) is 0 Å². The van der Waals surface area contributed by atoms with Crippen molar-refractivity contribution in [2.75, 3.05) is 0 Å². The van der Waals surface area contributed by atoms with Crippen LogP contribution in [-0.4, -0.2) is 5.91 Å². The van der Waals surface area contributed by atoms with Gasteiger partial charge in [0.25, 0.3) is 5.91 Å². The van der Waals surface area contributed by atoms with E-state index in [0.29, 0.717) is 4.47 Å². The Hall–Kier alpha value is -1.20. The fourth-order valence-corrected chi connectivity index (χ4v) is 2.85. The van der Waals surface area contributed by atoms with Gasteiger partial charge in [-0.2, -0.15) is 0 Å². The largest absolute Gasteiger partial charge is 0.345 e. The molecule has 1 amide bonds. The quantitative estimate of drug-likeness (QED) is 0.728. The summed E-state index contributed by atoms with van der Waals surface area (Å²) in [5, 5.41) is 2.88. The predicted octanol–water partition coefficient (Wildman–Crippen LogP) is 5.23. The van der Waals surface area contributed by atoms with E-state index in [1.54, 1.807) is 12.1 Å². The first-order chi connectivity index (χ1) is 10.0. The maximum absolute atomic E-state index is 13.8. The summed E-state index contributed by atoms with van der Waals surface area (Å²) in [5.41, 5.74) is 1.02. The van der Waals surface area contributed by atoms with Crippen LogP contribution in [0.5, 0.6) is 0 Å². The number of carbonyl (C=O) groups excluding carboxylic acids is 1. The van der Waals surface area contributed by atoms with E-state index >= 15 is 0 Å². The first kappa shape index (κ1) is 16.2. The molecule has 0 aliphatic carbocycles. The Labute approximate surface area is 140 Å². The number of hydrogen-bond donors (Lipinski definition) is 1. The highest BCUT2D eigenvalue weighted by Gasteiger charge is 2.19. The van der Waals surface area contributed by atoms with Gasteiger partial charge in [-0.3, -0.25) is 4.79 Å². The molecule has 21 heavy (non-hydrogen) atoms. The summed E-state index contributed by atoms with van der Waals surface area (Å²) < 4.78 is 15.2. The molecule has 5 heteroatoms. The molecular weight excluding hydrogens is 401 g/mol. The van der Waals surface area contributed by atoms with Crippen LogP contribution in [0.3, 0.4) is 0 Å². The second-order valence-electron chi connectivity index (χ2n) is 4.58. The lowest BCUT2D eigenvalue weighted by Gasteiger charge is -2.18. The Morgan fingerprint density at radius 3 is 2.43 bits per heavy atom. The van der Waals surface area contributed by atoms with Crippen LogP contribution in [0.4, 0.5) is 4.39 Å². The van der Waals surface area contributed by atoms with Gasteiger partial charge in [0.1, 0.15) is 5.82 Å². The molecule has 2 nitrogen and oxygen atoms in total. The summed E-state index contributed by atoms with van der Waals surface area (Å²) in [6, 6.07) is 12.1.